The molecule has 0 spiro atoms. The quantitative estimate of drug-likeness (QED) is 0.411. The van der Waals surface area contributed by atoms with Crippen LogP contribution in [0.5, 0.6) is 0 Å². The fourth-order valence-electron chi connectivity index (χ4n) is 3.27. The van der Waals surface area contributed by atoms with Gasteiger partial charge < -0.3 is 10.3 Å². The number of hydrogen-bond donors (Lipinski definition) is 2. The third-order valence-electron chi connectivity index (χ3n) is 4.69. The molecular formula is C22H25N5O2. The van der Waals surface area contributed by atoms with Crippen molar-refractivity contribution in [3.63, 3.8) is 0 Å². The van der Waals surface area contributed by atoms with Gasteiger partial charge in [-0.3, -0.25) is 9.78 Å². The number of H-pyrrole nitrogens is 1. The molecule has 0 aliphatic carbocycles. The first-order valence-electron chi connectivity index (χ1n) is 9.77. The van der Waals surface area contributed by atoms with E-state index in [-0.39, 0.29) is 11.5 Å². The van der Waals surface area contributed by atoms with Crippen molar-refractivity contribution in [1.29, 1.82) is 0 Å². The third-order valence-corrected chi connectivity index (χ3v) is 4.69. The van der Waals surface area contributed by atoms with Crippen molar-refractivity contribution in [3.8, 4) is 11.5 Å². The molecule has 2 aromatic rings. The Hall–Kier alpha value is -3.48. The molecule has 0 aromatic heterocycles. The van der Waals surface area contributed by atoms with Gasteiger partial charge in [0.25, 0.3) is 5.56 Å². The number of aryl methyl sites for hydroxylation is 3. The van der Waals surface area contributed by atoms with Gasteiger partial charge in [0.2, 0.25) is 0 Å². The maximum atomic E-state index is 12.2. The standard InChI is InChI=1S/C20H19N5O2.C2H6/c1-12-10-15-16(11-14(12)21)25(9-5-8-13-6-3-2-4-7-13)18-17(22-15)19(26)24-20(27)23-18;1-2/h2-4,6-7,10-11H,5,8-9,21H2,1H3,(H,24,26,27);1-2H3. The summed E-state index contributed by atoms with van der Waals surface area (Å²) in [6, 6.07) is 13.8. The Kier molecular flexibility index (Phi) is 6.07. The molecule has 7 nitrogen and oxygen atoms in total. The molecular weight excluding hydrogens is 366 g/mol. The van der Waals surface area contributed by atoms with Crippen molar-refractivity contribution in [2.45, 2.75) is 40.2 Å². The number of hydrogen-bond acceptors (Lipinski definition) is 5. The first kappa shape index (κ1) is 20.3. The summed E-state index contributed by atoms with van der Waals surface area (Å²) in [6.07, 6.45) is 1.69. The number of fused-ring (bicyclic) bond motifs is 2. The molecule has 0 unspecified atom stereocenters. The number of nitrogens with zero attached hydrogens (tertiary/aromatic N) is 3. The van der Waals surface area contributed by atoms with E-state index in [1.165, 1.54) is 5.56 Å². The highest BCUT2D eigenvalue weighted by atomic mass is 16.2. The van der Waals surface area contributed by atoms with E-state index >= 15 is 0 Å². The van der Waals surface area contributed by atoms with Crippen LogP contribution in [0.3, 0.4) is 0 Å². The molecule has 0 saturated heterocycles. The Morgan fingerprint density at radius 3 is 2.52 bits per heavy atom. The highest BCUT2D eigenvalue weighted by Gasteiger charge is 2.19. The summed E-state index contributed by atoms with van der Waals surface area (Å²) in [4.78, 5) is 34.7. The number of aromatic nitrogens is 4. The normalized spacial score (nSPS) is 10.7. The van der Waals surface area contributed by atoms with Crippen molar-refractivity contribution in [2.24, 2.45) is 0 Å². The summed E-state index contributed by atoms with van der Waals surface area (Å²) in [7, 11) is 0. The predicted molar refractivity (Wildman–Crippen MR) is 116 cm³/mol. The minimum atomic E-state index is -0.675. The molecule has 2 aromatic carbocycles. The molecule has 2 aliphatic rings. The average Bonchev–Trinajstić information content (AvgIpc) is 2.72. The van der Waals surface area contributed by atoms with E-state index < -0.39 is 11.2 Å². The summed E-state index contributed by atoms with van der Waals surface area (Å²) >= 11 is 0. The minimum Gasteiger partial charge on any atom is -0.398 e. The van der Waals surface area contributed by atoms with E-state index in [4.69, 9.17) is 5.73 Å². The highest BCUT2D eigenvalue weighted by Crippen LogP contribution is 2.25. The van der Waals surface area contributed by atoms with Gasteiger partial charge in [-0.1, -0.05) is 44.2 Å². The second-order valence-corrected chi connectivity index (χ2v) is 6.59. The van der Waals surface area contributed by atoms with Crippen LogP contribution in [0.1, 0.15) is 31.4 Å². The lowest BCUT2D eigenvalue weighted by Crippen LogP contribution is -2.29. The molecule has 0 atom stereocenters. The van der Waals surface area contributed by atoms with Gasteiger partial charge in [0.15, 0.2) is 11.5 Å². The lowest BCUT2D eigenvalue weighted by atomic mass is 10.1. The van der Waals surface area contributed by atoms with Crippen LogP contribution in [0.2, 0.25) is 0 Å². The van der Waals surface area contributed by atoms with Gasteiger partial charge in [0.1, 0.15) is 0 Å². The second-order valence-electron chi connectivity index (χ2n) is 6.59. The number of aromatic amines is 1. The van der Waals surface area contributed by atoms with Crippen LogP contribution in [-0.4, -0.2) is 19.5 Å². The fourth-order valence-corrected chi connectivity index (χ4v) is 3.27. The summed E-state index contributed by atoms with van der Waals surface area (Å²) in [6.45, 7) is 6.48. The second kappa shape index (κ2) is 8.68. The molecule has 3 N–H and O–H groups in total. The predicted octanol–water partition coefficient (Wildman–Crippen LogP) is 3.13. The van der Waals surface area contributed by atoms with Gasteiger partial charge in [-0.25, -0.2) is 9.78 Å². The number of rotatable bonds is 4. The minimum absolute atomic E-state index is 0.158. The summed E-state index contributed by atoms with van der Waals surface area (Å²) in [5, 5.41) is 0. The summed E-state index contributed by atoms with van der Waals surface area (Å²) in [5.74, 6) is 0.285. The number of nitrogen functional groups attached to an aromatic ring is 1. The van der Waals surface area contributed by atoms with Crippen LogP contribution in [0, 0.1) is 6.92 Å². The largest absolute Gasteiger partial charge is 0.398 e. The van der Waals surface area contributed by atoms with Crippen LogP contribution >= 0.6 is 0 Å². The topological polar surface area (TPSA) is 107 Å². The van der Waals surface area contributed by atoms with E-state index in [0.29, 0.717) is 17.7 Å². The molecule has 29 heavy (non-hydrogen) atoms. The van der Waals surface area contributed by atoms with Gasteiger partial charge in [-0.15, -0.1) is 0 Å². The van der Waals surface area contributed by atoms with Crippen molar-refractivity contribution >= 4 is 16.7 Å². The van der Waals surface area contributed by atoms with Gasteiger partial charge >= 0.3 is 5.69 Å². The van der Waals surface area contributed by atoms with Crippen LogP contribution < -0.4 is 17.0 Å². The lowest BCUT2D eigenvalue weighted by Gasteiger charge is -2.17. The molecule has 2 heterocycles. The van der Waals surface area contributed by atoms with Crippen LogP contribution in [0.4, 0.5) is 5.69 Å². The Morgan fingerprint density at radius 2 is 1.79 bits per heavy atom. The van der Waals surface area contributed by atoms with E-state index in [1.807, 2.05) is 55.7 Å². The zero-order valence-corrected chi connectivity index (χ0v) is 16.9. The maximum Gasteiger partial charge on any atom is 0.349 e. The van der Waals surface area contributed by atoms with Crippen molar-refractivity contribution in [1.82, 2.24) is 19.5 Å². The Morgan fingerprint density at radius 1 is 1.07 bits per heavy atom. The first-order chi connectivity index (χ1) is 14.0. The van der Waals surface area contributed by atoms with Crippen LogP contribution in [0.15, 0.2) is 52.1 Å². The van der Waals surface area contributed by atoms with Crippen molar-refractivity contribution in [2.75, 3.05) is 5.73 Å². The lowest BCUT2D eigenvalue weighted by molar-refractivity contribution is 0.649. The van der Waals surface area contributed by atoms with Gasteiger partial charge in [0, 0.05) is 12.2 Å². The Labute approximate surface area is 168 Å². The molecule has 150 valence electrons. The summed E-state index contributed by atoms with van der Waals surface area (Å²) in [5.41, 5.74) is 9.20. The van der Waals surface area contributed by atoms with Gasteiger partial charge in [-0.2, -0.15) is 4.98 Å². The Balaban J connectivity index is 0.00000117. The van der Waals surface area contributed by atoms with Crippen molar-refractivity contribution in [3.05, 3.63) is 74.4 Å². The molecule has 0 saturated carbocycles. The summed E-state index contributed by atoms with van der Waals surface area (Å²) < 4.78 is 1.87. The number of nitrogens with one attached hydrogen (secondary N) is 1. The molecule has 0 radical (unpaired) electrons. The number of anilines is 1. The molecule has 7 heteroatoms. The van der Waals surface area contributed by atoms with Crippen LogP contribution in [-0.2, 0) is 13.0 Å². The first-order valence-corrected chi connectivity index (χ1v) is 9.77. The molecule has 0 amide bonds. The highest BCUT2D eigenvalue weighted by molar-refractivity contribution is 5.83. The maximum absolute atomic E-state index is 12.2. The van der Waals surface area contributed by atoms with E-state index in [0.717, 1.165) is 23.9 Å². The average molecular weight is 391 g/mol. The van der Waals surface area contributed by atoms with E-state index in [1.54, 1.807) is 0 Å². The van der Waals surface area contributed by atoms with Gasteiger partial charge in [-0.05, 0) is 43.0 Å². The fraction of sp³-hybridized carbons (Fsp3) is 0.273. The zero-order chi connectivity index (χ0) is 21.0. The van der Waals surface area contributed by atoms with E-state index in [9.17, 15) is 9.59 Å². The number of nitrogens with two attached hydrogens (primary N) is 1. The third kappa shape index (κ3) is 4.18. The SMILES string of the molecule is CC.Cc1cc2nc3c(=O)[nH]c(=O)nc-3n(CCCc3ccccc3)c2cc1N. The van der Waals surface area contributed by atoms with Crippen LogP contribution in [0.25, 0.3) is 22.6 Å². The smallest absolute Gasteiger partial charge is 0.349 e. The molecule has 0 bridgehead atoms. The van der Waals surface area contributed by atoms with E-state index in [2.05, 4.69) is 27.1 Å². The molecule has 4 rings (SSSR count). The Bertz CT molecular complexity index is 1210. The zero-order valence-electron chi connectivity index (χ0n) is 16.9. The molecule has 2 aliphatic heterocycles. The molecule has 0 fully saturated rings. The monoisotopic (exact) mass is 391 g/mol. The number of benzene rings is 2. The van der Waals surface area contributed by atoms with Gasteiger partial charge in [0.05, 0.1) is 11.0 Å². The van der Waals surface area contributed by atoms with Crippen molar-refractivity contribution < 1.29 is 0 Å².